The van der Waals surface area contributed by atoms with E-state index in [2.05, 4.69) is 6.58 Å². The number of aliphatic hydroxyl groups excluding tert-OH is 3. The molecule has 0 heterocycles. The van der Waals surface area contributed by atoms with Crippen molar-refractivity contribution in [1.29, 1.82) is 0 Å². The molecule has 0 aliphatic heterocycles. The zero-order valence-corrected chi connectivity index (χ0v) is 20.0. The van der Waals surface area contributed by atoms with Crippen molar-refractivity contribution in [3.63, 3.8) is 0 Å². The van der Waals surface area contributed by atoms with E-state index >= 15 is 0 Å². The molecule has 2 unspecified atom stereocenters. The van der Waals surface area contributed by atoms with E-state index in [1.54, 1.807) is 49.4 Å². The Bertz CT molecular complexity index is 1390. The number of fused-ring (bicyclic) bond motifs is 3. The van der Waals surface area contributed by atoms with E-state index in [-0.39, 0.29) is 11.3 Å². The topological polar surface area (TPSA) is 178 Å². The first-order chi connectivity index (χ1) is 17.4. The summed E-state index contributed by atoms with van der Waals surface area (Å²) in [5.74, 6) is -9.52. The largest absolute Gasteiger partial charge is 0.508 e. The number of nitrogens with two attached hydrogens (primary N) is 1. The lowest BCUT2D eigenvalue weighted by molar-refractivity contribution is -0.179. The van der Waals surface area contributed by atoms with Crippen LogP contribution in [-0.2, 0) is 9.59 Å². The summed E-state index contributed by atoms with van der Waals surface area (Å²) >= 11 is 0. The van der Waals surface area contributed by atoms with E-state index < -0.39 is 76.7 Å². The van der Waals surface area contributed by atoms with Crippen molar-refractivity contribution in [3.05, 3.63) is 71.0 Å². The average molecular weight is 506 g/mol. The van der Waals surface area contributed by atoms with E-state index in [0.717, 1.165) is 5.56 Å². The van der Waals surface area contributed by atoms with E-state index in [1.165, 1.54) is 0 Å². The third-order valence-corrected chi connectivity index (χ3v) is 8.28. The van der Waals surface area contributed by atoms with Crippen LogP contribution in [0.15, 0.2) is 54.3 Å². The minimum atomic E-state index is -2.80. The molecule has 0 radical (unpaired) electrons. The highest BCUT2D eigenvalue weighted by Gasteiger charge is 2.66. The number of phenolic OH excluding ortho intramolecular Hbond substituents is 1. The summed E-state index contributed by atoms with van der Waals surface area (Å²) in [6, 6.07) is 10.4. The summed E-state index contributed by atoms with van der Waals surface area (Å²) in [5.41, 5.74) is 4.21. The van der Waals surface area contributed by atoms with Gasteiger partial charge in [-0.25, -0.2) is 0 Å². The number of hydrogen-bond acceptors (Lipinski definition) is 8. The summed E-state index contributed by atoms with van der Waals surface area (Å²) < 4.78 is 0. The van der Waals surface area contributed by atoms with Gasteiger partial charge >= 0.3 is 0 Å². The second-order valence-corrected chi connectivity index (χ2v) is 10.1. The quantitative estimate of drug-likeness (QED) is 0.340. The molecule has 0 bridgehead atoms. The highest BCUT2D eigenvalue weighted by molar-refractivity contribution is 6.16. The van der Waals surface area contributed by atoms with Gasteiger partial charge in [-0.15, -0.1) is 0 Å². The third kappa shape index (κ3) is 3.24. The molecule has 7 atom stereocenters. The van der Waals surface area contributed by atoms with Crippen molar-refractivity contribution in [3.8, 4) is 16.9 Å². The number of carbonyl (C=O) groups excluding carboxylic acids is 3. The SMILES string of the molecule is C=Cc1ccc(-c2ccc3c(c2O)C(=O)C2=C(O)[C@]4(O)C(=O)C(C(N)=O)C(O)C[C@@H]4[C@@H](O)[C@@H]2[C@H]3C)cc1. The molecular formula is C28H27NO8. The zero-order valence-electron chi connectivity index (χ0n) is 20.0. The second-order valence-electron chi connectivity index (χ2n) is 10.1. The highest BCUT2D eigenvalue weighted by Crippen LogP contribution is 2.55. The molecule has 0 aromatic heterocycles. The van der Waals surface area contributed by atoms with Gasteiger partial charge in [-0.3, -0.25) is 14.4 Å². The van der Waals surface area contributed by atoms with Gasteiger partial charge < -0.3 is 31.3 Å². The van der Waals surface area contributed by atoms with Crippen molar-refractivity contribution >= 4 is 23.5 Å². The Morgan fingerprint density at radius 1 is 1.11 bits per heavy atom. The Morgan fingerprint density at radius 3 is 2.35 bits per heavy atom. The van der Waals surface area contributed by atoms with Gasteiger partial charge in [0.1, 0.15) is 17.4 Å². The van der Waals surface area contributed by atoms with Crippen molar-refractivity contribution in [2.45, 2.75) is 37.1 Å². The van der Waals surface area contributed by atoms with Crippen LogP contribution in [0.2, 0.25) is 0 Å². The van der Waals surface area contributed by atoms with Crippen molar-refractivity contribution < 1.29 is 39.9 Å². The number of carbonyl (C=O) groups is 3. The Hall–Kier alpha value is -3.79. The number of phenols is 1. The molecule has 1 fully saturated rings. The molecule has 3 aliphatic rings. The van der Waals surface area contributed by atoms with Crippen LogP contribution in [-0.4, -0.2) is 60.8 Å². The van der Waals surface area contributed by atoms with Crippen LogP contribution < -0.4 is 5.73 Å². The highest BCUT2D eigenvalue weighted by atomic mass is 16.4. The summed E-state index contributed by atoms with van der Waals surface area (Å²) in [5, 5.41) is 55.6. The lowest BCUT2D eigenvalue weighted by Crippen LogP contribution is -2.67. The molecule has 9 heteroatoms. The van der Waals surface area contributed by atoms with Gasteiger partial charge in [0.25, 0.3) is 0 Å². The molecule has 3 aliphatic carbocycles. The lowest BCUT2D eigenvalue weighted by atomic mass is 9.54. The number of aliphatic hydroxyl groups is 4. The van der Waals surface area contributed by atoms with Crippen LogP contribution in [0.5, 0.6) is 5.75 Å². The van der Waals surface area contributed by atoms with Crippen LogP contribution in [0.25, 0.3) is 17.2 Å². The molecule has 0 saturated heterocycles. The fourth-order valence-electron chi connectivity index (χ4n) is 6.33. The Labute approximate surface area is 212 Å². The molecule has 37 heavy (non-hydrogen) atoms. The molecule has 5 rings (SSSR count). The summed E-state index contributed by atoms with van der Waals surface area (Å²) in [6.45, 7) is 5.41. The number of benzene rings is 2. The monoisotopic (exact) mass is 505 g/mol. The summed E-state index contributed by atoms with van der Waals surface area (Å²) in [7, 11) is 0. The number of Topliss-reactive ketones (excluding diaryl/α,β-unsaturated/α-hetero) is 2. The van der Waals surface area contributed by atoms with Crippen LogP contribution in [0.3, 0.4) is 0 Å². The molecule has 1 amide bonds. The van der Waals surface area contributed by atoms with Gasteiger partial charge in [-0.1, -0.05) is 56.0 Å². The molecular weight excluding hydrogens is 478 g/mol. The van der Waals surface area contributed by atoms with Crippen LogP contribution in [0.4, 0.5) is 0 Å². The van der Waals surface area contributed by atoms with E-state index in [4.69, 9.17) is 5.73 Å². The normalized spacial score (nSPS) is 32.9. The smallest absolute Gasteiger partial charge is 0.230 e. The first-order valence-electron chi connectivity index (χ1n) is 11.9. The van der Waals surface area contributed by atoms with E-state index in [0.29, 0.717) is 16.7 Å². The minimum absolute atomic E-state index is 0.111. The van der Waals surface area contributed by atoms with Gasteiger partial charge in [-0.2, -0.15) is 0 Å². The van der Waals surface area contributed by atoms with Gasteiger partial charge in [0, 0.05) is 23.0 Å². The van der Waals surface area contributed by atoms with Gasteiger partial charge in [0.15, 0.2) is 17.2 Å². The first kappa shape index (κ1) is 24.9. The summed E-state index contributed by atoms with van der Waals surface area (Å²) in [4.78, 5) is 38.8. The Balaban J connectivity index is 1.69. The van der Waals surface area contributed by atoms with Crippen molar-refractivity contribution in [2.75, 3.05) is 0 Å². The standard InChI is InChI=1S/C28H27NO8/c1-3-12-4-6-13(7-5-12)15-9-8-14-11(2)18-21(24(33)19(14)22(15)31)26(35)28(37)16(23(18)32)10-17(30)20(25(28)34)27(29)36/h3-9,11,16-18,20,23,30-32,35,37H,1,10H2,2H3,(H2,29,36)/t11-,16+,17?,18+,20?,23+,28+/m0/s1. The van der Waals surface area contributed by atoms with E-state index in [9.17, 15) is 39.9 Å². The number of rotatable bonds is 3. The predicted octanol–water partition coefficient (Wildman–Crippen LogP) is 1.59. The summed E-state index contributed by atoms with van der Waals surface area (Å²) in [6.07, 6.45) is -1.83. The predicted molar refractivity (Wildman–Crippen MR) is 132 cm³/mol. The van der Waals surface area contributed by atoms with Crippen molar-refractivity contribution in [2.24, 2.45) is 23.5 Å². The molecule has 2 aromatic rings. The van der Waals surface area contributed by atoms with Gasteiger partial charge in [-0.05, 0) is 29.0 Å². The lowest BCUT2D eigenvalue weighted by Gasteiger charge is -2.52. The van der Waals surface area contributed by atoms with Crippen molar-refractivity contribution in [1.82, 2.24) is 0 Å². The number of primary amides is 1. The maximum absolute atomic E-state index is 13.8. The second kappa shape index (κ2) is 8.37. The molecule has 2 aromatic carbocycles. The Morgan fingerprint density at radius 2 is 1.76 bits per heavy atom. The first-order valence-corrected chi connectivity index (χ1v) is 11.9. The minimum Gasteiger partial charge on any atom is -0.508 e. The molecule has 0 spiro atoms. The zero-order chi connectivity index (χ0) is 27.0. The van der Waals surface area contributed by atoms with E-state index in [1.807, 2.05) is 0 Å². The maximum atomic E-state index is 13.8. The maximum Gasteiger partial charge on any atom is 0.230 e. The number of hydrogen-bond donors (Lipinski definition) is 6. The Kier molecular flexibility index (Phi) is 5.63. The number of aromatic hydroxyl groups is 1. The third-order valence-electron chi connectivity index (χ3n) is 8.28. The molecule has 192 valence electrons. The molecule has 9 nitrogen and oxygen atoms in total. The molecule has 1 saturated carbocycles. The van der Waals surface area contributed by atoms with Gasteiger partial charge in [0.2, 0.25) is 5.91 Å². The number of amides is 1. The fraction of sp³-hybridized carbons (Fsp3) is 0.321. The number of ketones is 2. The van der Waals surface area contributed by atoms with Gasteiger partial charge in [0.05, 0.1) is 17.8 Å². The van der Waals surface area contributed by atoms with Crippen LogP contribution in [0, 0.1) is 17.8 Å². The average Bonchev–Trinajstić information content (AvgIpc) is 2.86. The van der Waals surface area contributed by atoms with Crippen LogP contribution in [0.1, 0.15) is 40.7 Å². The molecule has 7 N–H and O–H groups in total. The van der Waals surface area contributed by atoms with Crippen LogP contribution >= 0.6 is 0 Å². The fourth-order valence-corrected chi connectivity index (χ4v) is 6.33.